The van der Waals surface area contributed by atoms with Gasteiger partial charge in [-0.15, -0.1) is 0 Å². The van der Waals surface area contributed by atoms with Gasteiger partial charge in [-0.25, -0.2) is 13.2 Å². The average Bonchev–Trinajstić information content (AvgIpc) is 2.65. The smallest absolute Gasteiger partial charge is 0.306 e. The Balaban J connectivity index is -0.000000338. The number of alkyl halides is 19. The molecule has 1 unspecified atom stereocenters. The van der Waals surface area contributed by atoms with Crippen LogP contribution >= 0.6 is 0 Å². The predicted octanol–water partition coefficient (Wildman–Crippen LogP) is 7.58. The molecule has 0 heterocycles. The van der Waals surface area contributed by atoms with E-state index in [0.717, 1.165) is 0 Å². The normalized spacial score (nSPS) is 15.3. The third kappa shape index (κ3) is 12.3. The summed E-state index contributed by atoms with van der Waals surface area (Å²) in [6.45, 7) is -4.53. The standard InChI is InChI=1S/C8H3F15O5S.C3H5F3.CH3F.2CH4/c9-2(10,11)1-27-7(20,21)4(14,5(15,16)17)28-6(18,19)3(12,13)8(22,23)29(24,25)26;1-3(5,6)2-4;1-2;;/h1H2,(H,24,25,26);2H2,1H3;1H3;2*1H4. The van der Waals surface area contributed by atoms with E-state index in [1.54, 1.807) is 0 Å². The lowest BCUT2D eigenvalue weighted by Crippen LogP contribution is -2.67. The second-order valence-corrected chi connectivity index (χ2v) is 7.37. The second kappa shape index (κ2) is 14.4. The molecule has 0 radical (unpaired) electrons. The highest BCUT2D eigenvalue weighted by Gasteiger charge is 2.85. The molecule has 25 heteroatoms. The Hall–Kier alpha value is -1.50. The van der Waals surface area contributed by atoms with Gasteiger partial charge in [-0.2, -0.15) is 74.3 Å². The van der Waals surface area contributed by atoms with Crippen molar-refractivity contribution in [2.45, 2.75) is 69.3 Å². The van der Waals surface area contributed by atoms with Crippen molar-refractivity contribution in [3.63, 3.8) is 0 Å². The highest BCUT2D eigenvalue weighted by Crippen LogP contribution is 2.55. The van der Waals surface area contributed by atoms with Gasteiger partial charge in [0.2, 0.25) is 0 Å². The van der Waals surface area contributed by atoms with Gasteiger partial charge in [0.1, 0.15) is 6.61 Å². The minimum atomic E-state index is -7.88. The zero-order valence-electron chi connectivity index (χ0n) is 17.1. The van der Waals surface area contributed by atoms with Gasteiger partial charge >= 0.3 is 51.7 Å². The molecule has 0 aromatic carbocycles. The van der Waals surface area contributed by atoms with E-state index in [2.05, 4.69) is 4.74 Å². The summed E-state index contributed by atoms with van der Waals surface area (Å²) in [5.41, 5.74) is 0. The number of ether oxygens (including phenoxy) is 2. The van der Waals surface area contributed by atoms with Crippen molar-refractivity contribution in [1.29, 1.82) is 0 Å². The molecular weight excluding hydrogens is 641 g/mol. The van der Waals surface area contributed by atoms with Crippen LogP contribution in [0.2, 0.25) is 0 Å². The molecule has 0 aromatic heterocycles. The van der Waals surface area contributed by atoms with E-state index in [1.807, 2.05) is 0 Å². The summed E-state index contributed by atoms with van der Waals surface area (Å²) in [5, 5.41) is -7.46. The van der Waals surface area contributed by atoms with Crippen LogP contribution < -0.4 is 0 Å². The van der Waals surface area contributed by atoms with Crippen LogP contribution in [0.25, 0.3) is 0 Å². The summed E-state index contributed by atoms with van der Waals surface area (Å²) >= 11 is 0. The summed E-state index contributed by atoms with van der Waals surface area (Å²) in [6.07, 6.45) is -28.7. The molecule has 1 atom stereocenters. The van der Waals surface area contributed by atoms with Crippen LogP contribution in [0.5, 0.6) is 0 Å². The molecule has 5 nitrogen and oxygen atoms in total. The highest BCUT2D eigenvalue weighted by molar-refractivity contribution is 7.87. The Kier molecular flexibility index (Phi) is 17.5. The van der Waals surface area contributed by atoms with E-state index in [9.17, 15) is 91.8 Å². The molecule has 0 aliphatic carbocycles. The zero-order valence-corrected chi connectivity index (χ0v) is 17.9. The van der Waals surface area contributed by atoms with Gasteiger partial charge in [0.05, 0.1) is 7.18 Å². The van der Waals surface area contributed by atoms with Crippen LogP contribution in [-0.4, -0.2) is 81.0 Å². The van der Waals surface area contributed by atoms with E-state index >= 15 is 0 Å². The zero-order chi connectivity index (χ0) is 31.3. The third-order valence-corrected chi connectivity index (χ3v) is 3.62. The van der Waals surface area contributed by atoms with Crippen LogP contribution in [0, 0.1) is 0 Å². The molecule has 0 amide bonds. The molecule has 0 aromatic rings. The Bertz CT molecular complexity index is 803. The topological polar surface area (TPSA) is 72.8 Å². The third-order valence-electron chi connectivity index (χ3n) is 2.71. The number of hydrogen-bond acceptors (Lipinski definition) is 4. The molecule has 0 bridgehead atoms. The van der Waals surface area contributed by atoms with Crippen LogP contribution in [0.1, 0.15) is 21.8 Å². The van der Waals surface area contributed by atoms with E-state index in [-0.39, 0.29) is 14.9 Å². The summed E-state index contributed by atoms with van der Waals surface area (Å²) in [7, 11) is -7.11. The Morgan fingerprint density at radius 1 is 0.692 bits per heavy atom. The molecule has 0 spiro atoms. The predicted molar refractivity (Wildman–Crippen MR) is 91.4 cm³/mol. The Morgan fingerprint density at radius 2 is 1.00 bits per heavy atom. The lowest BCUT2D eigenvalue weighted by molar-refractivity contribution is -0.527. The maximum Gasteiger partial charge on any atom is 0.458 e. The molecular formula is C14H19F19O5S. The first-order valence-electron chi connectivity index (χ1n) is 7.69. The largest absolute Gasteiger partial charge is 0.458 e. The SMILES string of the molecule is C.C.CC(F)(F)CF.CF.O=S(=O)(O)C(F)(F)C(F)(F)C(F)(F)OC(F)(C(F)(F)F)C(F)(F)OCC(F)(F)F. The molecule has 0 aliphatic heterocycles. The van der Waals surface area contributed by atoms with Gasteiger partial charge in [-0.1, -0.05) is 14.9 Å². The summed E-state index contributed by atoms with van der Waals surface area (Å²) < 4.78 is 263. The van der Waals surface area contributed by atoms with Crippen molar-refractivity contribution in [2.75, 3.05) is 20.5 Å². The molecule has 0 saturated heterocycles. The minimum Gasteiger partial charge on any atom is -0.306 e. The van der Waals surface area contributed by atoms with Crippen molar-refractivity contribution >= 4 is 10.1 Å². The first-order valence-corrected chi connectivity index (χ1v) is 9.13. The molecule has 244 valence electrons. The number of rotatable bonds is 9. The second-order valence-electron chi connectivity index (χ2n) is 5.90. The first-order chi connectivity index (χ1) is 15.7. The quantitative estimate of drug-likeness (QED) is 0.204. The van der Waals surface area contributed by atoms with Crippen LogP contribution in [0.3, 0.4) is 0 Å². The fraction of sp³-hybridized carbons (Fsp3) is 1.00. The van der Waals surface area contributed by atoms with Gasteiger partial charge in [-0.05, 0) is 0 Å². The lowest BCUT2D eigenvalue weighted by atomic mass is 10.2. The van der Waals surface area contributed by atoms with Crippen molar-refractivity contribution in [3.05, 3.63) is 0 Å². The first kappa shape index (κ1) is 47.3. The highest BCUT2D eigenvalue weighted by atomic mass is 32.2. The van der Waals surface area contributed by atoms with Gasteiger partial charge in [0.25, 0.3) is 5.92 Å². The van der Waals surface area contributed by atoms with E-state index in [0.29, 0.717) is 14.1 Å². The number of hydrogen-bond donors (Lipinski definition) is 1. The van der Waals surface area contributed by atoms with Gasteiger partial charge in [0, 0.05) is 6.92 Å². The monoisotopic (exact) mass is 660 g/mol. The van der Waals surface area contributed by atoms with Gasteiger partial charge in [-0.3, -0.25) is 13.7 Å². The van der Waals surface area contributed by atoms with Crippen molar-refractivity contribution in [3.8, 4) is 0 Å². The molecule has 0 rings (SSSR count). The lowest BCUT2D eigenvalue weighted by Gasteiger charge is -2.38. The maximum atomic E-state index is 13.5. The molecule has 0 fully saturated rings. The van der Waals surface area contributed by atoms with Gasteiger partial charge < -0.3 is 4.74 Å². The average molecular weight is 660 g/mol. The summed E-state index contributed by atoms with van der Waals surface area (Å²) in [5.74, 6) is -18.7. The summed E-state index contributed by atoms with van der Waals surface area (Å²) in [4.78, 5) is 0. The van der Waals surface area contributed by atoms with Crippen molar-refractivity contribution < 1.29 is 106 Å². The van der Waals surface area contributed by atoms with Crippen LogP contribution in [-0.2, 0) is 19.6 Å². The molecule has 0 aliphatic rings. The van der Waals surface area contributed by atoms with E-state index in [1.165, 1.54) is 4.74 Å². The van der Waals surface area contributed by atoms with Crippen molar-refractivity contribution in [2.24, 2.45) is 0 Å². The van der Waals surface area contributed by atoms with E-state index in [4.69, 9.17) is 4.55 Å². The van der Waals surface area contributed by atoms with Crippen molar-refractivity contribution in [1.82, 2.24) is 0 Å². The van der Waals surface area contributed by atoms with Gasteiger partial charge in [0.15, 0.2) is 6.67 Å². The Morgan fingerprint density at radius 3 is 1.21 bits per heavy atom. The Labute approximate surface area is 207 Å². The summed E-state index contributed by atoms with van der Waals surface area (Å²) in [6, 6.07) is 0. The fourth-order valence-corrected chi connectivity index (χ4v) is 1.56. The molecule has 39 heavy (non-hydrogen) atoms. The minimum absolute atomic E-state index is 0. The van der Waals surface area contributed by atoms with Crippen LogP contribution in [0.15, 0.2) is 0 Å². The fourth-order valence-electron chi connectivity index (χ4n) is 1.12. The maximum absolute atomic E-state index is 13.5. The number of halogens is 19. The molecule has 0 saturated carbocycles. The molecule has 1 N–H and O–H groups in total. The van der Waals surface area contributed by atoms with E-state index < -0.39 is 70.9 Å². The van der Waals surface area contributed by atoms with Crippen LogP contribution in [0.4, 0.5) is 83.4 Å².